The van der Waals surface area contributed by atoms with Crippen LogP contribution in [-0.2, 0) is 19.4 Å². The lowest BCUT2D eigenvalue weighted by Gasteiger charge is -2.15. The molecule has 1 fully saturated rings. The number of carbonyl (C=O) groups excluding carboxylic acids is 2. The highest BCUT2D eigenvalue weighted by Gasteiger charge is 2.30. The lowest BCUT2D eigenvalue weighted by atomic mass is 10.2. The highest BCUT2D eigenvalue weighted by Crippen LogP contribution is 2.33. The van der Waals surface area contributed by atoms with Crippen molar-refractivity contribution in [1.82, 2.24) is 5.32 Å². The molecule has 6 nitrogen and oxygen atoms in total. The molecule has 0 spiro atoms. The number of sulfone groups is 1. The van der Waals surface area contributed by atoms with Gasteiger partial charge in [0.05, 0.1) is 17.1 Å². The van der Waals surface area contributed by atoms with Gasteiger partial charge in [0.2, 0.25) is 0 Å². The van der Waals surface area contributed by atoms with Crippen LogP contribution in [0.5, 0.6) is 0 Å². The average Bonchev–Trinajstić information content (AvgIpc) is 2.91. The minimum absolute atomic E-state index is 0.0766. The number of hydrogen-bond acceptors (Lipinski definition) is 6. The largest absolute Gasteiger partial charge is 0.449 e. The molecule has 1 aliphatic rings. The number of carbonyl (C=O) groups is 2. The standard InChI is InChI=1S/C17H21NO5S2/c1-3-9-18-16(19)12(2)23-17(20)14-6-4-5-7-15(14)24-13-8-10-25(21,22)11-13/h3-7,12-13H,1,8-11H2,2H3,(H,18,19)/t12-,13-/m0/s1. The number of rotatable bonds is 7. The third-order valence-electron chi connectivity index (χ3n) is 3.66. The zero-order chi connectivity index (χ0) is 18.4. The van der Waals surface area contributed by atoms with Crippen molar-refractivity contribution in [2.45, 2.75) is 29.6 Å². The molecule has 0 bridgehead atoms. The summed E-state index contributed by atoms with van der Waals surface area (Å²) in [4.78, 5) is 24.9. The number of ether oxygens (including phenoxy) is 1. The Morgan fingerprint density at radius 3 is 2.80 bits per heavy atom. The van der Waals surface area contributed by atoms with E-state index in [9.17, 15) is 18.0 Å². The number of esters is 1. The van der Waals surface area contributed by atoms with Crippen LogP contribution in [-0.4, -0.2) is 49.7 Å². The molecular weight excluding hydrogens is 362 g/mol. The Bertz CT molecular complexity index is 760. The Balaban J connectivity index is 2.05. The fourth-order valence-corrected chi connectivity index (χ4v) is 5.98. The van der Waals surface area contributed by atoms with Crippen LogP contribution in [0.2, 0.25) is 0 Å². The smallest absolute Gasteiger partial charge is 0.340 e. The van der Waals surface area contributed by atoms with Crippen molar-refractivity contribution in [3.05, 3.63) is 42.5 Å². The van der Waals surface area contributed by atoms with E-state index >= 15 is 0 Å². The van der Waals surface area contributed by atoms with Gasteiger partial charge in [-0.25, -0.2) is 13.2 Å². The van der Waals surface area contributed by atoms with E-state index in [1.165, 1.54) is 24.8 Å². The second-order valence-electron chi connectivity index (χ2n) is 5.72. The number of nitrogens with one attached hydrogen (secondary N) is 1. The molecule has 0 aliphatic carbocycles. The predicted molar refractivity (Wildman–Crippen MR) is 97.4 cm³/mol. The van der Waals surface area contributed by atoms with Crippen molar-refractivity contribution in [3.8, 4) is 0 Å². The first-order chi connectivity index (χ1) is 11.8. The van der Waals surface area contributed by atoms with E-state index in [0.29, 0.717) is 23.4 Å². The summed E-state index contributed by atoms with van der Waals surface area (Å²) in [6.45, 7) is 5.29. The summed E-state index contributed by atoms with van der Waals surface area (Å²) >= 11 is 1.36. The van der Waals surface area contributed by atoms with Crippen LogP contribution < -0.4 is 5.32 Å². The molecule has 1 aromatic carbocycles. The van der Waals surface area contributed by atoms with Gasteiger partial charge in [-0.05, 0) is 25.5 Å². The summed E-state index contributed by atoms with van der Waals surface area (Å²) < 4.78 is 28.4. The molecule has 0 saturated carbocycles. The van der Waals surface area contributed by atoms with Gasteiger partial charge < -0.3 is 10.1 Å². The fourth-order valence-electron chi connectivity index (χ4n) is 2.37. The Morgan fingerprint density at radius 2 is 2.16 bits per heavy atom. The van der Waals surface area contributed by atoms with Gasteiger partial charge in [-0.3, -0.25) is 4.79 Å². The van der Waals surface area contributed by atoms with Gasteiger partial charge in [0.15, 0.2) is 15.9 Å². The minimum atomic E-state index is -2.99. The van der Waals surface area contributed by atoms with E-state index < -0.39 is 27.8 Å². The molecule has 136 valence electrons. The van der Waals surface area contributed by atoms with Crippen molar-refractivity contribution in [1.29, 1.82) is 0 Å². The summed E-state index contributed by atoms with van der Waals surface area (Å²) in [7, 11) is -2.99. The van der Waals surface area contributed by atoms with E-state index in [-0.39, 0.29) is 16.8 Å². The van der Waals surface area contributed by atoms with Crippen LogP contribution in [0, 0.1) is 0 Å². The van der Waals surface area contributed by atoms with Crippen molar-refractivity contribution in [3.63, 3.8) is 0 Å². The maximum absolute atomic E-state index is 12.4. The van der Waals surface area contributed by atoms with Crippen LogP contribution in [0.3, 0.4) is 0 Å². The van der Waals surface area contributed by atoms with Gasteiger partial charge in [0.25, 0.3) is 5.91 Å². The third-order valence-corrected chi connectivity index (χ3v) is 6.99. The van der Waals surface area contributed by atoms with Crippen molar-refractivity contribution < 1.29 is 22.7 Å². The molecule has 1 aromatic rings. The lowest BCUT2D eigenvalue weighted by Crippen LogP contribution is -2.35. The summed E-state index contributed by atoms with van der Waals surface area (Å²) in [5.74, 6) is -0.718. The highest BCUT2D eigenvalue weighted by atomic mass is 32.2. The van der Waals surface area contributed by atoms with Gasteiger partial charge >= 0.3 is 5.97 Å². The lowest BCUT2D eigenvalue weighted by molar-refractivity contribution is -0.128. The van der Waals surface area contributed by atoms with Crippen LogP contribution in [0.4, 0.5) is 0 Å². The zero-order valence-electron chi connectivity index (χ0n) is 13.9. The molecule has 25 heavy (non-hydrogen) atoms. The van der Waals surface area contributed by atoms with E-state index in [2.05, 4.69) is 11.9 Å². The van der Waals surface area contributed by atoms with Crippen LogP contribution in [0.25, 0.3) is 0 Å². The van der Waals surface area contributed by atoms with Crippen LogP contribution >= 0.6 is 11.8 Å². The Labute approximate surface area is 151 Å². The van der Waals surface area contributed by atoms with E-state index in [1.807, 2.05) is 0 Å². The molecule has 2 atom stereocenters. The predicted octanol–water partition coefficient (Wildman–Crippen LogP) is 1.81. The number of benzene rings is 1. The maximum atomic E-state index is 12.4. The molecular formula is C17H21NO5S2. The molecule has 1 amide bonds. The Kier molecular flexibility index (Phi) is 6.66. The van der Waals surface area contributed by atoms with E-state index in [0.717, 1.165) is 0 Å². The second-order valence-corrected chi connectivity index (χ2v) is 9.29. The number of thioether (sulfide) groups is 1. The van der Waals surface area contributed by atoms with E-state index in [4.69, 9.17) is 4.74 Å². The Morgan fingerprint density at radius 1 is 1.44 bits per heavy atom. The number of hydrogen-bond donors (Lipinski definition) is 1. The molecule has 1 aliphatic heterocycles. The zero-order valence-corrected chi connectivity index (χ0v) is 15.6. The maximum Gasteiger partial charge on any atom is 0.340 e. The summed E-state index contributed by atoms with van der Waals surface area (Å²) in [6.07, 6.45) is 1.17. The fraction of sp³-hybridized carbons (Fsp3) is 0.412. The molecule has 0 unspecified atom stereocenters. The first-order valence-electron chi connectivity index (χ1n) is 7.88. The van der Waals surface area contributed by atoms with Gasteiger partial charge in [0, 0.05) is 16.7 Å². The van der Waals surface area contributed by atoms with Crippen LogP contribution in [0.15, 0.2) is 41.8 Å². The normalized spacial score (nSPS) is 19.8. The highest BCUT2D eigenvalue weighted by molar-refractivity contribution is 8.02. The molecule has 1 heterocycles. The monoisotopic (exact) mass is 383 g/mol. The Hall–Kier alpha value is -1.80. The summed E-state index contributed by atoms with van der Waals surface area (Å²) in [5, 5.41) is 2.49. The van der Waals surface area contributed by atoms with Crippen molar-refractivity contribution in [2.24, 2.45) is 0 Å². The van der Waals surface area contributed by atoms with Crippen molar-refractivity contribution >= 4 is 33.5 Å². The average molecular weight is 383 g/mol. The van der Waals surface area contributed by atoms with Gasteiger partial charge in [-0.15, -0.1) is 18.3 Å². The summed E-state index contributed by atoms with van der Waals surface area (Å²) in [6, 6.07) is 6.86. The first kappa shape index (κ1) is 19.5. The minimum Gasteiger partial charge on any atom is -0.449 e. The topological polar surface area (TPSA) is 89.5 Å². The second kappa shape index (κ2) is 8.53. The molecule has 0 radical (unpaired) electrons. The first-order valence-corrected chi connectivity index (χ1v) is 10.6. The molecule has 0 aromatic heterocycles. The van der Waals surface area contributed by atoms with Crippen LogP contribution in [0.1, 0.15) is 23.7 Å². The summed E-state index contributed by atoms with van der Waals surface area (Å²) in [5.41, 5.74) is 0.333. The number of amides is 1. The van der Waals surface area contributed by atoms with Crippen molar-refractivity contribution in [2.75, 3.05) is 18.1 Å². The van der Waals surface area contributed by atoms with Gasteiger partial charge in [-0.1, -0.05) is 18.2 Å². The molecule has 1 saturated heterocycles. The SMILES string of the molecule is C=CCNC(=O)[C@H](C)OC(=O)c1ccccc1S[C@H]1CCS(=O)(=O)C1. The third kappa shape index (κ3) is 5.61. The van der Waals surface area contributed by atoms with Gasteiger partial charge in [0.1, 0.15) is 0 Å². The molecule has 1 N–H and O–H groups in total. The molecule has 2 rings (SSSR count). The van der Waals surface area contributed by atoms with Gasteiger partial charge in [-0.2, -0.15) is 0 Å². The molecule has 8 heteroatoms. The quantitative estimate of drug-likeness (QED) is 0.571. The van der Waals surface area contributed by atoms with E-state index in [1.54, 1.807) is 24.3 Å².